The minimum atomic E-state index is -5.15. The van der Waals surface area contributed by atoms with Gasteiger partial charge in [0.2, 0.25) is 7.26 Å². The van der Waals surface area contributed by atoms with Crippen LogP contribution in [0.3, 0.4) is 0 Å². The SMILES string of the molecule is O=[N+]([O-])c1ccc(S(=O)(=O)O)c([N+](=O)[O-])c1[N+](=O)[O-].[B]Cl. The molecular formula is C6H3BClN3O9S. The van der Waals surface area contributed by atoms with Crippen molar-refractivity contribution in [3.8, 4) is 0 Å². The van der Waals surface area contributed by atoms with Gasteiger partial charge in [-0.25, -0.2) is 11.5 Å². The van der Waals surface area contributed by atoms with Crippen molar-refractivity contribution in [1.29, 1.82) is 0 Å². The van der Waals surface area contributed by atoms with E-state index in [1.807, 2.05) is 0 Å². The zero-order valence-electron chi connectivity index (χ0n) is 9.57. The molecule has 0 amide bonds. The lowest BCUT2D eigenvalue weighted by Gasteiger charge is -2.01. The molecule has 0 bridgehead atoms. The normalized spacial score (nSPS) is 10.2. The molecule has 15 heteroatoms. The fourth-order valence-corrected chi connectivity index (χ4v) is 1.92. The van der Waals surface area contributed by atoms with Crippen LogP contribution in [0.2, 0.25) is 0 Å². The highest BCUT2D eigenvalue weighted by Crippen LogP contribution is 2.40. The third-order valence-corrected chi connectivity index (χ3v) is 2.82. The Morgan fingerprint density at radius 1 is 0.952 bits per heavy atom. The quantitative estimate of drug-likeness (QED) is 0.361. The lowest BCUT2D eigenvalue weighted by atomic mass is 10.2. The Morgan fingerprint density at radius 3 is 1.67 bits per heavy atom. The first-order chi connectivity index (χ1) is 9.57. The predicted molar refractivity (Wildman–Crippen MR) is 67.8 cm³/mol. The van der Waals surface area contributed by atoms with E-state index in [-0.39, 0.29) is 0 Å². The highest BCUT2D eigenvalue weighted by atomic mass is 35.5. The summed E-state index contributed by atoms with van der Waals surface area (Å²) in [7, 11) is -1.17. The molecule has 0 aliphatic heterocycles. The molecule has 1 aromatic carbocycles. The van der Waals surface area contributed by atoms with E-state index in [1.54, 1.807) is 0 Å². The Kier molecular flexibility index (Phi) is 6.15. The van der Waals surface area contributed by atoms with E-state index < -0.39 is 46.8 Å². The fraction of sp³-hybridized carbons (Fsp3) is 0. The molecular weight excluding hydrogens is 336 g/mol. The van der Waals surface area contributed by atoms with Crippen LogP contribution in [0.5, 0.6) is 0 Å². The average Bonchev–Trinajstić information content (AvgIpc) is 2.37. The maximum Gasteiger partial charge on any atom is 0.423 e. The first kappa shape index (κ1) is 18.7. The zero-order chi connectivity index (χ0) is 17.0. The van der Waals surface area contributed by atoms with Gasteiger partial charge in [0.05, 0.1) is 14.8 Å². The molecule has 0 saturated heterocycles. The number of nitrogens with zero attached hydrogens (tertiary/aromatic N) is 3. The van der Waals surface area contributed by atoms with Gasteiger partial charge in [-0.05, 0) is 6.07 Å². The van der Waals surface area contributed by atoms with Crippen LogP contribution in [0.1, 0.15) is 0 Å². The number of rotatable bonds is 4. The van der Waals surface area contributed by atoms with E-state index >= 15 is 0 Å². The summed E-state index contributed by atoms with van der Waals surface area (Å²) in [6, 6.07) is 0.729. The summed E-state index contributed by atoms with van der Waals surface area (Å²) in [6.07, 6.45) is 0. The summed E-state index contributed by atoms with van der Waals surface area (Å²) in [5.41, 5.74) is -4.55. The summed E-state index contributed by atoms with van der Waals surface area (Å²) < 4.78 is 30.5. The van der Waals surface area contributed by atoms with Gasteiger partial charge >= 0.3 is 27.2 Å². The van der Waals surface area contributed by atoms with Gasteiger partial charge in [0, 0.05) is 6.07 Å². The van der Waals surface area contributed by atoms with Crippen molar-refractivity contribution in [3.63, 3.8) is 0 Å². The second-order valence-corrected chi connectivity index (χ2v) is 4.42. The van der Waals surface area contributed by atoms with E-state index in [1.165, 1.54) is 0 Å². The molecule has 2 radical (unpaired) electrons. The van der Waals surface area contributed by atoms with Gasteiger partial charge in [-0.15, -0.1) is 0 Å². The Morgan fingerprint density at radius 2 is 1.38 bits per heavy atom. The van der Waals surface area contributed by atoms with Crippen LogP contribution in [0, 0.1) is 30.3 Å². The van der Waals surface area contributed by atoms with Crippen molar-refractivity contribution in [1.82, 2.24) is 0 Å². The molecule has 0 aliphatic rings. The Hall–Kier alpha value is -2.32. The second-order valence-electron chi connectivity index (χ2n) is 3.03. The predicted octanol–water partition coefficient (Wildman–Crippen LogP) is 0.967. The maximum atomic E-state index is 10.9. The van der Waals surface area contributed by atoms with Crippen LogP contribution >= 0.6 is 11.5 Å². The number of hydrogen-bond acceptors (Lipinski definition) is 8. The van der Waals surface area contributed by atoms with Crippen LogP contribution in [0.25, 0.3) is 0 Å². The van der Waals surface area contributed by atoms with Gasteiger partial charge in [0.1, 0.15) is 0 Å². The average molecular weight is 339 g/mol. The van der Waals surface area contributed by atoms with Crippen molar-refractivity contribution < 1.29 is 27.7 Å². The molecule has 0 saturated carbocycles. The summed E-state index contributed by atoms with van der Waals surface area (Å²) in [4.78, 5) is 26.2. The third-order valence-electron chi connectivity index (χ3n) is 1.93. The van der Waals surface area contributed by atoms with Gasteiger partial charge in [-0.2, -0.15) is 8.42 Å². The molecule has 0 unspecified atom stereocenters. The molecule has 0 aromatic heterocycles. The van der Waals surface area contributed by atoms with Crippen LogP contribution in [-0.2, 0) is 10.1 Å². The van der Waals surface area contributed by atoms with Crippen LogP contribution < -0.4 is 0 Å². The summed E-state index contributed by atoms with van der Waals surface area (Å²) in [5.74, 6) is 0. The molecule has 1 rings (SSSR count). The van der Waals surface area contributed by atoms with Crippen molar-refractivity contribution in [2.24, 2.45) is 0 Å². The van der Waals surface area contributed by atoms with E-state index in [9.17, 15) is 38.8 Å². The van der Waals surface area contributed by atoms with Crippen molar-refractivity contribution in [2.45, 2.75) is 4.90 Å². The molecule has 0 fully saturated rings. The van der Waals surface area contributed by atoms with Gasteiger partial charge in [0.15, 0.2) is 4.90 Å². The van der Waals surface area contributed by atoms with E-state index in [0.717, 1.165) is 0 Å². The zero-order valence-corrected chi connectivity index (χ0v) is 11.1. The third kappa shape index (κ3) is 4.07. The number of nitro groups is 3. The second kappa shape index (κ2) is 6.91. The van der Waals surface area contributed by atoms with Crippen LogP contribution in [0.15, 0.2) is 17.0 Å². The minimum Gasteiger partial charge on any atom is -0.282 e. The number of halogens is 1. The molecule has 1 aromatic rings. The Balaban J connectivity index is 0.00000191. The molecule has 0 aliphatic carbocycles. The van der Waals surface area contributed by atoms with Crippen molar-refractivity contribution in [3.05, 3.63) is 42.5 Å². The summed E-state index contributed by atoms with van der Waals surface area (Å²) >= 11 is 4.14. The minimum absolute atomic E-state index is 0.346. The van der Waals surface area contributed by atoms with Crippen LogP contribution in [-0.4, -0.2) is 35.0 Å². The van der Waals surface area contributed by atoms with Crippen LogP contribution in [0.4, 0.5) is 17.1 Å². The molecule has 0 heterocycles. The molecule has 112 valence electrons. The smallest absolute Gasteiger partial charge is 0.282 e. The van der Waals surface area contributed by atoms with Crippen molar-refractivity contribution >= 4 is 45.9 Å². The highest BCUT2D eigenvalue weighted by molar-refractivity contribution is 7.86. The van der Waals surface area contributed by atoms with E-state index in [0.29, 0.717) is 12.1 Å². The standard InChI is InChI=1S/C6H3N3O9S.BCl/c10-7(11)3-1-2-4(19(16,17)18)6(9(14)15)5(3)8(12)13;1-2/h1-2H,(H,16,17,18);. The topological polar surface area (TPSA) is 184 Å². The van der Waals surface area contributed by atoms with Gasteiger partial charge in [-0.3, -0.25) is 34.9 Å². The molecule has 21 heavy (non-hydrogen) atoms. The number of hydrogen-bond donors (Lipinski definition) is 1. The van der Waals surface area contributed by atoms with Gasteiger partial charge < -0.3 is 0 Å². The van der Waals surface area contributed by atoms with Gasteiger partial charge in [0.25, 0.3) is 0 Å². The Bertz CT molecular complexity index is 706. The highest BCUT2D eigenvalue weighted by Gasteiger charge is 2.42. The first-order valence-corrected chi connectivity index (χ1v) is 6.24. The van der Waals surface area contributed by atoms with Gasteiger partial charge in [-0.1, -0.05) is 0 Å². The lowest BCUT2D eigenvalue weighted by molar-refractivity contribution is -0.442. The lowest BCUT2D eigenvalue weighted by Crippen LogP contribution is -2.08. The first-order valence-electron chi connectivity index (χ1n) is 4.37. The largest absolute Gasteiger partial charge is 0.423 e. The molecule has 1 N–H and O–H groups in total. The Labute approximate surface area is 121 Å². The monoisotopic (exact) mass is 339 g/mol. The van der Waals surface area contributed by atoms with Crippen molar-refractivity contribution in [2.75, 3.05) is 0 Å². The fourth-order valence-electron chi connectivity index (χ4n) is 1.26. The summed E-state index contributed by atoms with van der Waals surface area (Å²) in [6.45, 7) is 0. The number of nitro benzene ring substituents is 3. The molecule has 0 atom stereocenters. The molecule has 0 spiro atoms. The maximum absolute atomic E-state index is 10.9. The molecule has 12 nitrogen and oxygen atoms in total. The summed E-state index contributed by atoms with van der Waals surface area (Å²) in [5, 5.41) is 31.9. The van der Waals surface area contributed by atoms with E-state index in [4.69, 9.17) is 4.55 Å². The van der Waals surface area contributed by atoms with E-state index in [2.05, 4.69) is 18.7 Å². The number of benzene rings is 1.